The molecule has 0 spiro atoms. The molecule has 6 aliphatic heterocycles. The molecule has 4 aromatic carbocycles. The number of carbonyl (C=O) groups excluding carboxylic acids is 6. The zero-order valence-corrected chi connectivity index (χ0v) is 54.5. The third-order valence-corrected chi connectivity index (χ3v) is 22.4. The Kier molecular flexibility index (Phi) is 21.8. The van der Waals surface area contributed by atoms with Gasteiger partial charge in [0.1, 0.15) is 36.6 Å². The Bertz CT molecular complexity index is 3150. The molecule has 10 rings (SSSR count). The molecule has 0 N–H and O–H groups in total. The van der Waals surface area contributed by atoms with Gasteiger partial charge in [-0.3, -0.25) is 0 Å². The Labute approximate surface area is 535 Å². The predicted octanol–water partition coefficient (Wildman–Crippen LogP) is 7.54. The molecule has 24 nitrogen and oxygen atoms in total. The fraction of sp³-hybridized carbons (Fsp3) is 0.552. The first-order valence-electron chi connectivity index (χ1n) is 30.9. The van der Waals surface area contributed by atoms with Crippen LogP contribution in [0.3, 0.4) is 0 Å². The quantitative estimate of drug-likeness (QED) is 0.0529. The molecule has 4 aromatic rings. The van der Waals surface area contributed by atoms with E-state index in [0.717, 1.165) is 14.2 Å². The van der Waals surface area contributed by atoms with Crippen molar-refractivity contribution >= 4 is 44.1 Å². The van der Waals surface area contributed by atoms with Crippen molar-refractivity contribution in [3.05, 3.63) is 144 Å². The summed E-state index contributed by atoms with van der Waals surface area (Å²) in [6.07, 6.45) is -26.5. The fourth-order valence-electron chi connectivity index (χ4n) is 11.7. The van der Waals surface area contributed by atoms with Crippen molar-refractivity contribution in [1.29, 1.82) is 0 Å². The van der Waals surface area contributed by atoms with Crippen LogP contribution in [0.1, 0.15) is 96.8 Å². The van der Waals surface area contributed by atoms with E-state index in [1.807, 2.05) is 47.7 Å². The van der Waals surface area contributed by atoms with Gasteiger partial charge < -0.3 is 85.0 Å². The molecule has 0 amide bonds. The fourth-order valence-corrected chi connectivity index (χ4v) is 13.0. The van der Waals surface area contributed by atoms with Crippen molar-refractivity contribution in [2.24, 2.45) is 11.8 Å². The molecular weight excluding hydrogens is 1220 g/mol. The molecule has 0 radical (unpaired) electrons. The van der Waals surface area contributed by atoms with Crippen LogP contribution < -0.4 is 0 Å². The average Bonchev–Trinajstić information content (AvgIpc) is 0.763. The highest BCUT2D eigenvalue weighted by atomic mass is 28.4. The first kappa shape index (κ1) is 68.3. The summed E-state index contributed by atoms with van der Waals surface area (Å²) < 4.78 is 116. The van der Waals surface area contributed by atoms with Crippen LogP contribution in [0, 0.1) is 11.8 Å². The number of methoxy groups -OCH3 is 2. The number of fused-ring (bicyclic) bond motifs is 2. The van der Waals surface area contributed by atoms with E-state index in [-0.39, 0.29) is 35.5 Å². The minimum atomic E-state index is -3.00. The van der Waals surface area contributed by atoms with Crippen LogP contribution in [0.4, 0.5) is 0 Å². The number of ether oxygens (including phenoxy) is 17. The molecule has 6 heterocycles. The Morgan fingerprint density at radius 3 is 1.15 bits per heavy atom. The van der Waals surface area contributed by atoms with Gasteiger partial charge in [0.2, 0.25) is 0 Å². The molecule has 6 aliphatic rings. The molecule has 0 bridgehead atoms. The number of hydrogen-bond acceptors (Lipinski definition) is 24. The average molecular weight is 1300 g/mol. The maximum atomic E-state index is 14.7. The van der Waals surface area contributed by atoms with Crippen molar-refractivity contribution in [1.82, 2.24) is 0 Å². The van der Waals surface area contributed by atoms with E-state index in [9.17, 15) is 28.8 Å². The molecule has 22 atom stereocenters. The van der Waals surface area contributed by atoms with Gasteiger partial charge in [-0.15, -0.1) is 0 Å². The van der Waals surface area contributed by atoms with Gasteiger partial charge in [0.25, 0.3) is 0 Å². The summed E-state index contributed by atoms with van der Waals surface area (Å²) in [6, 6.07) is 32.2. The monoisotopic (exact) mass is 1300 g/mol. The number of esters is 6. The summed E-state index contributed by atoms with van der Waals surface area (Å²) in [4.78, 5) is 87.4. The van der Waals surface area contributed by atoms with Crippen LogP contribution in [-0.2, 0) is 94.5 Å². The summed E-state index contributed by atoms with van der Waals surface area (Å²) >= 11 is 0. The van der Waals surface area contributed by atoms with E-state index in [0.29, 0.717) is 0 Å². The van der Waals surface area contributed by atoms with Crippen LogP contribution >= 0.6 is 0 Å². The second-order valence-corrected chi connectivity index (χ2v) is 29.9. The van der Waals surface area contributed by atoms with Gasteiger partial charge in [-0.25, -0.2) is 28.8 Å². The van der Waals surface area contributed by atoms with Crippen molar-refractivity contribution in [3.8, 4) is 0 Å². The highest BCUT2D eigenvalue weighted by Gasteiger charge is 2.62. The van der Waals surface area contributed by atoms with E-state index in [4.69, 9.17) is 85.0 Å². The van der Waals surface area contributed by atoms with Gasteiger partial charge in [-0.1, -0.05) is 107 Å². The summed E-state index contributed by atoms with van der Waals surface area (Å²) in [6.45, 7) is 18.6. The standard InChI is InChI=1S/C67H82O24Si/c1-35-37(3)78-44-33-76-38(4)79-48(44)46(35)86-65-56(84-60(70)42-29-21-15-22-30-42)51(82-58(68)40-25-17-13-18-26-40)50(54(89-65)62(72)74-9)88-64-36(2)47(49-45(81-64)34-77-39(5)80-49)87-66-57(85-61(71)43-31-23-16-24-32-43)52(83-59(69)41-27-19-14-20-28-41)53(55(90-66)63(73)75-10)91-92(11,12)67(6,7)8/h13-32,35-39,44-57,64-66H,33-34H2,1-12H3/t35?,36?,37-,38?,39?,44?,45?,46+,47+,48-,49-,50+,51-,52-,53+,54?,55?,56?,57?,64-,65+,66+/m0/s1. The van der Waals surface area contributed by atoms with Crippen LogP contribution in [0.2, 0.25) is 18.1 Å². The van der Waals surface area contributed by atoms with Gasteiger partial charge in [-0.2, -0.15) is 0 Å². The van der Waals surface area contributed by atoms with Gasteiger partial charge >= 0.3 is 35.8 Å². The van der Waals surface area contributed by atoms with Crippen LogP contribution in [0.5, 0.6) is 0 Å². The second-order valence-electron chi connectivity index (χ2n) is 25.1. The molecule has 498 valence electrons. The summed E-state index contributed by atoms with van der Waals surface area (Å²) in [5.74, 6) is -7.02. The first-order valence-corrected chi connectivity index (χ1v) is 33.9. The lowest BCUT2D eigenvalue weighted by Crippen LogP contribution is -2.69. The third kappa shape index (κ3) is 15.2. The minimum absolute atomic E-state index is 0.0754. The normalized spacial score (nSPS) is 34.7. The lowest BCUT2D eigenvalue weighted by molar-refractivity contribution is -0.396. The topological polar surface area (TPSA) is 269 Å². The first-order chi connectivity index (χ1) is 43.9. The Morgan fingerprint density at radius 1 is 0.413 bits per heavy atom. The van der Waals surface area contributed by atoms with Crippen LogP contribution in [0.15, 0.2) is 121 Å². The van der Waals surface area contributed by atoms with Gasteiger partial charge in [0.05, 0.1) is 68.0 Å². The van der Waals surface area contributed by atoms with E-state index >= 15 is 0 Å². The van der Waals surface area contributed by atoms with Crippen molar-refractivity contribution in [2.75, 3.05) is 27.4 Å². The number of carbonyl (C=O) groups is 6. The minimum Gasteiger partial charge on any atom is -0.467 e. The highest BCUT2D eigenvalue weighted by molar-refractivity contribution is 6.74. The molecular formula is C67H82O24Si. The maximum absolute atomic E-state index is 14.7. The lowest BCUT2D eigenvalue weighted by Gasteiger charge is -2.53. The smallest absolute Gasteiger partial charge is 0.338 e. The molecule has 0 saturated carbocycles. The van der Waals surface area contributed by atoms with Crippen molar-refractivity contribution < 1.29 is 114 Å². The van der Waals surface area contributed by atoms with Gasteiger partial charge in [0.15, 0.2) is 76.4 Å². The second kappa shape index (κ2) is 29.4. The molecule has 25 heteroatoms. The van der Waals surface area contributed by atoms with E-state index in [2.05, 4.69) is 0 Å². The highest BCUT2D eigenvalue weighted by Crippen LogP contribution is 2.45. The number of hydrogen-bond donors (Lipinski definition) is 0. The predicted molar refractivity (Wildman–Crippen MR) is 323 cm³/mol. The van der Waals surface area contributed by atoms with Crippen molar-refractivity contribution in [2.45, 2.75) is 197 Å². The van der Waals surface area contributed by atoms with Gasteiger partial charge in [0, 0.05) is 11.8 Å². The summed E-state index contributed by atoms with van der Waals surface area (Å²) in [7, 11) is -0.718. The molecule has 0 aromatic heterocycles. The van der Waals surface area contributed by atoms with E-state index < -0.39 is 184 Å². The zero-order valence-electron chi connectivity index (χ0n) is 53.5. The lowest BCUT2D eigenvalue weighted by atomic mass is 9.87. The van der Waals surface area contributed by atoms with Gasteiger partial charge in [-0.05, 0) is 87.4 Å². The SMILES string of the molecule is COC(=O)C1O[C@@H](O[C@@H]2C(C)[C@H](C)OC3COC(C)O[C@@H]32)C(OC(=O)c2ccccc2)[C@@H](OC(=O)c2ccccc2)[C@H]1O[C@@H]1OC2COC(C)O[C@@H]2[C@H](O[C@@H]2OC(C(=O)OC)[C@H](O[Si](C)(C)C(C)(C)C)[C@H](OC(=O)c3ccccc3)C2OC(=O)c2ccccc2)C1C. The molecule has 6 fully saturated rings. The zero-order chi connectivity index (χ0) is 65.8. The molecule has 0 aliphatic carbocycles. The number of rotatable bonds is 18. The van der Waals surface area contributed by atoms with Crippen molar-refractivity contribution in [3.63, 3.8) is 0 Å². The largest absolute Gasteiger partial charge is 0.467 e. The molecule has 10 unspecified atom stereocenters. The van der Waals surface area contributed by atoms with E-state index in [1.165, 1.54) is 48.5 Å². The maximum Gasteiger partial charge on any atom is 0.338 e. The van der Waals surface area contributed by atoms with Crippen LogP contribution in [0.25, 0.3) is 0 Å². The number of benzene rings is 4. The Balaban J connectivity index is 1.07. The Morgan fingerprint density at radius 2 is 0.761 bits per heavy atom. The van der Waals surface area contributed by atoms with Crippen LogP contribution in [-0.4, -0.2) is 195 Å². The third-order valence-electron chi connectivity index (χ3n) is 18.0. The Hall–Kier alpha value is -6.56. The summed E-state index contributed by atoms with van der Waals surface area (Å²) in [5, 5.41) is -0.499. The summed E-state index contributed by atoms with van der Waals surface area (Å²) in [5.41, 5.74) is 0.410. The van der Waals surface area contributed by atoms with E-state index in [1.54, 1.807) is 93.6 Å². The molecule has 6 saturated heterocycles. The molecule has 92 heavy (non-hydrogen) atoms.